The van der Waals surface area contributed by atoms with Crippen LogP contribution in [-0.4, -0.2) is 18.1 Å². The molecular formula is C21H24N2O2. The van der Waals surface area contributed by atoms with Crippen molar-refractivity contribution in [2.24, 2.45) is 35.5 Å². The molecular weight excluding hydrogens is 312 g/mol. The first-order chi connectivity index (χ1) is 12.3. The Balaban J connectivity index is 1.43. The molecule has 8 unspecified atom stereocenters. The minimum Gasteiger partial charge on any atom is -0.490 e. The maximum Gasteiger partial charge on any atom is 0.237 e. The van der Waals surface area contributed by atoms with Gasteiger partial charge in [0, 0.05) is 12.0 Å². The highest BCUT2D eigenvalue weighted by atomic mass is 16.5. The van der Waals surface area contributed by atoms with E-state index in [1.807, 2.05) is 30.3 Å². The summed E-state index contributed by atoms with van der Waals surface area (Å²) in [6, 6.07) is 12.7. The smallest absolute Gasteiger partial charge is 0.237 e. The molecule has 5 rings (SSSR count). The lowest BCUT2D eigenvalue weighted by Crippen LogP contribution is -2.46. The third kappa shape index (κ3) is 2.21. The van der Waals surface area contributed by atoms with Gasteiger partial charge < -0.3 is 10.1 Å². The average Bonchev–Trinajstić information content (AvgIpc) is 3.13. The summed E-state index contributed by atoms with van der Waals surface area (Å²) < 4.78 is 6.39. The summed E-state index contributed by atoms with van der Waals surface area (Å²) >= 11 is 0. The predicted molar refractivity (Wildman–Crippen MR) is 92.4 cm³/mol. The zero-order valence-corrected chi connectivity index (χ0v) is 14.3. The molecule has 1 amide bonds. The van der Waals surface area contributed by atoms with Crippen LogP contribution in [0.15, 0.2) is 30.3 Å². The SMILES string of the molecule is N#CC1C(=O)NC2C3CCCC4C(Oc5ccccc5)CCC(C43)C12. The lowest BCUT2D eigenvalue weighted by atomic mass is 9.62. The Labute approximate surface area is 148 Å². The molecule has 4 nitrogen and oxygen atoms in total. The van der Waals surface area contributed by atoms with E-state index in [0.717, 1.165) is 18.6 Å². The largest absolute Gasteiger partial charge is 0.490 e. The molecule has 1 heterocycles. The third-order valence-corrected chi connectivity index (χ3v) is 7.34. The number of ether oxygens (including phenoxy) is 1. The van der Waals surface area contributed by atoms with Crippen LogP contribution in [0.5, 0.6) is 5.75 Å². The number of carbonyl (C=O) groups is 1. The van der Waals surface area contributed by atoms with Crippen molar-refractivity contribution in [1.29, 1.82) is 5.26 Å². The van der Waals surface area contributed by atoms with Crippen LogP contribution < -0.4 is 10.1 Å². The van der Waals surface area contributed by atoms with Crippen molar-refractivity contribution in [3.05, 3.63) is 30.3 Å². The van der Waals surface area contributed by atoms with Crippen LogP contribution in [0.25, 0.3) is 0 Å². The molecule has 1 aromatic carbocycles. The molecule has 4 heteroatoms. The molecule has 3 aliphatic carbocycles. The van der Waals surface area contributed by atoms with Gasteiger partial charge in [-0.15, -0.1) is 0 Å². The number of amides is 1. The van der Waals surface area contributed by atoms with Crippen LogP contribution in [0.2, 0.25) is 0 Å². The molecule has 130 valence electrons. The van der Waals surface area contributed by atoms with Gasteiger partial charge in [0.1, 0.15) is 17.8 Å². The maximum absolute atomic E-state index is 12.2. The van der Waals surface area contributed by atoms with Gasteiger partial charge in [-0.1, -0.05) is 24.6 Å². The van der Waals surface area contributed by atoms with E-state index in [2.05, 4.69) is 11.4 Å². The fourth-order valence-corrected chi connectivity index (χ4v) is 6.59. The number of nitrogens with zero attached hydrogens (tertiary/aromatic N) is 1. The highest BCUT2D eigenvalue weighted by Crippen LogP contribution is 2.60. The van der Waals surface area contributed by atoms with Gasteiger partial charge in [-0.05, 0) is 61.5 Å². The van der Waals surface area contributed by atoms with Crippen molar-refractivity contribution >= 4 is 5.91 Å². The van der Waals surface area contributed by atoms with E-state index >= 15 is 0 Å². The summed E-state index contributed by atoms with van der Waals surface area (Å²) in [5, 5.41) is 12.7. The molecule has 1 aliphatic heterocycles. The van der Waals surface area contributed by atoms with Gasteiger partial charge in [-0.25, -0.2) is 0 Å². The highest BCUT2D eigenvalue weighted by molar-refractivity contribution is 5.84. The Morgan fingerprint density at radius 2 is 1.80 bits per heavy atom. The second kappa shape index (κ2) is 5.76. The minimum atomic E-state index is -0.437. The predicted octanol–water partition coefficient (Wildman–Crippen LogP) is 3.14. The number of para-hydroxylation sites is 1. The number of fused-ring (bicyclic) bond motifs is 3. The summed E-state index contributed by atoms with van der Waals surface area (Å²) in [4.78, 5) is 12.2. The van der Waals surface area contributed by atoms with Crippen molar-refractivity contribution in [3.8, 4) is 11.8 Å². The topological polar surface area (TPSA) is 62.1 Å². The van der Waals surface area contributed by atoms with E-state index in [1.54, 1.807) is 0 Å². The van der Waals surface area contributed by atoms with Crippen LogP contribution >= 0.6 is 0 Å². The molecule has 4 aliphatic rings. The maximum atomic E-state index is 12.2. The van der Waals surface area contributed by atoms with Crippen molar-refractivity contribution in [1.82, 2.24) is 5.32 Å². The molecule has 8 atom stereocenters. The second-order valence-electron chi connectivity index (χ2n) is 8.27. The van der Waals surface area contributed by atoms with E-state index in [0.29, 0.717) is 23.7 Å². The summed E-state index contributed by atoms with van der Waals surface area (Å²) in [5.74, 6) is 2.97. The number of nitriles is 1. The van der Waals surface area contributed by atoms with E-state index in [-0.39, 0.29) is 24.0 Å². The second-order valence-corrected chi connectivity index (χ2v) is 8.27. The van der Waals surface area contributed by atoms with Gasteiger partial charge >= 0.3 is 0 Å². The van der Waals surface area contributed by atoms with Crippen LogP contribution in [0.4, 0.5) is 0 Å². The first-order valence-electron chi connectivity index (χ1n) is 9.69. The molecule has 1 saturated heterocycles. The van der Waals surface area contributed by atoms with Gasteiger partial charge in [-0.2, -0.15) is 5.26 Å². The van der Waals surface area contributed by atoms with Gasteiger partial charge in [-0.3, -0.25) is 4.79 Å². The Morgan fingerprint density at radius 3 is 2.60 bits per heavy atom. The summed E-state index contributed by atoms with van der Waals surface area (Å²) in [7, 11) is 0. The summed E-state index contributed by atoms with van der Waals surface area (Å²) in [6.07, 6.45) is 6.03. The lowest BCUT2D eigenvalue weighted by molar-refractivity contribution is -0.122. The van der Waals surface area contributed by atoms with Crippen molar-refractivity contribution in [2.45, 2.75) is 44.2 Å². The van der Waals surface area contributed by atoms with E-state index in [1.165, 1.54) is 19.3 Å². The van der Waals surface area contributed by atoms with E-state index < -0.39 is 5.92 Å². The number of benzene rings is 1. The Kier molecular flexibility index (Phi) is 3.51. The lowest BCUT2D eigenvalue weighted by Gasteiger charge is -2.46. The third-order valence-electron chi connectivity index (χ3n) is 7.34. The molecule has 0 radical (unpaired) electrons. The molecule has 25 heavy (non-hydrogen) atoms. The average molecular weight is 336 g/mol. The fraction of sp³-hybridized carbons (Fsp3) is 0.619. The molecule has 1 N–H and O–H groups in total. The Hall–Kier alpha value is -2.02. The molecule has 0 spiro atoms. The fourth-order valence-electron chi connectivity index (χ4n) is 6.59. The summed E-state index contributed by atoms with van der Waals surface area (Å²) in [6.45, 7) is 0. The van der Waals surface area contributed by atoms with Crippen molar-refractivity contribution < 1.29 is 9.53 Å². The molecule has 3 saturated carbocycles. The molecule has 4 fully saturated rings. The van der Waals surface area contributed by atoms with Crippen LogP contribution in [0.1, 0.15) is 32.1 Å². The number of nitrogens with one attached hydrogen (secondary N) is 1. The zero-order chi connectivity index (χ0) is 17.0. The zero-order valence-electron chi connectivity index (χ0n) is 14.3. The number of hydrogen-bond acceptors (Lipinski definition) is 3. The van der Waals surface area contributed by atoms with Crippen LogP contribution in [-0.2, 0) is 4.79 Å². The minimum absolute atomic E-state index is 0.0271. The van der Waals surface area contributed by atoms with Crippen molar-refractivity contribution in [3.63, 3.8) is 0 Å². The molecule has 0 bridgehead atoms. The molecule has 0 aromatic heterocycles. The van der Waals surface area contributed by atoms with Crippen molar-refractivity contribution in [2.75, 3.05) is 0 Å². The summed E-state index contributed by atoms with van der Waals surface area (Å²) in [5.41, 5.74) is 0. The molecule has 1 aromatic rings. The van der Waals surface area contributed by atoms with Crippen LogP contribution in [0, 0.1) is 46.8 Å². The van der Waals surface area contributed by atoms with Crippen LogP contribution in [0.3, 0.4) is 0 Å². The Morgan fingerprint density at radius 1 is 1.00 bits per heavy atom. The van der Waals surface area contributed by atoms with Gasteiger partial charge in [0.15, 0.2) is 0 Å². The quantitative estimate of drug-likeness (QED) is 0.902. The van der Waals surface area contributed by atoms with Gasteiger partial charge in [0.05, 0.1) is 6.07 Å². The Bertz CT molecular complexity index is 712. The first-order valence-corrected chi connectivity index (χ1v) is 9.69. The van der Waals surface area contributed by atoms with E-state index in [4.69, 9.17) is 4.74 Å². The number of hydrogen-bond donors (Lipinski definition) is 1. The normalized spacial score (nSPS) is 44.4. The first kappa shape index (κ1) is 15.3. The van der Waals surface area contributed by atoms with E-state index in [9.17, 15) is 10.1 Å². The number of rotatable bonds is 2. The van der Waals surface area contributed by atoms with Gasteiger partial charge in [0.25, 0.3) is 0 Å². The standard InChI is InChI=1S/C21H24N2O2/c22-11-16-19-14-9-10-17(25-12-5-2-1-3-6-12)13-7-4-8-15(18(13)14)20(19)23-21(16)24/h1-3,5-6,13-20H,4,7-10H2,(H,23,24). The van der Waals surface area contributed by atoms with Gasteiger partial charge in [0.2, 0.25) is 5.91 Å². The monoisotopic (exact) mass is 336 g/mol. The highest BCUT2D eigenvalue weighted by Gasteiger charge is 2.63. The number of carbonyl (C=O) groups excluding carboxylic acids is 1.